The predicted molar refractivity (Wildman–Crippen MR) is 111 cm³/mol. The van der Waals surface area contributed by atoms with Crippen molar-refractivity contribution in [2.75, 3.05) is 65.4 Å². The third-order valence-electron chi connectivity index (χ3n) is 6.59. The SMILES string of the molecule is O=C(CC1(C(=O)NCCN2CCCCC2)CCNC1)NCCN1CCCCC1. The van der Waals surface area contributed by atoms with Crippen molar-refractivity contribution < 1.29 is 9.59 Å². The maximum Gasteiger partial charge on any atom is 0.228 e. The van der Waals surface area contributed by atoms with Crippen LogP contribution in [0.25, 0.3) is 0 Å². The van der Waals surface area contributed by atoms with Gasteiger partial charge in [0.05, 0.1) is 5.41 Å². The molecule has 1 atom stereocenters. The standard InChI is InChI=1S/C21H39N5O2/c27-19(23-9-15-25-11-3-1-4-12-25)17-21(7-8-22-18-21)20(28)24-10-16-26-13-5-2-6-14-26/h22H,1-18H2,(H,23,27)(H,24,28). The van der Waals surface area contributed by atoms with Gasteiger partial charge in [-0.25, -0.2) is 0 Å². The Morgan fingerprint density at radius 1 is 0.821 bits per heavy atom. The molecular formula is C21H39N5O2. The second kappa shape index (κ2) is 11.1. The summed E-state index contributed by atoms with van der Waals surface area (Å²) in [5.74, 6) is 0.0487. The van der Waals surface area contributed by atoms with E-state index in [1.165, 1.54) is 38.5 Å². The molecule has 3 aliphatic rings. The summed E-state index contributed by atoms with van der Waals surface area (Å²) < 4.78 is 0. The highest BCUT2D eigenvalue weighted by Gasteiger charge is 2.42. The fourth-order valence-electron chi connectivity index (χ4n) is 4.77. The first-order chi connectivity index (χ1) is 13.7. The van der Waals surface area contributed by atoms with Crippen LogP contribution in [0.2, 0.25) is 0 Å². The number of carbonyl (C=O) groups is 2. The summed E-state index contributed by atoms with van der Waals surface area (Å²) in [6, 6.07) is 0. The molecule has 0 aromatic carbocycles. The molecule has 0 spiro atoms. The Morgan fingerprint density at radius 2 is 1.39 bits per heavy atom. The van der Waals surface area contributed by atoms with Crippen molar-refractivity contribution in [1.29, 1.82) is 0 Å². The van der Waals surface area contributed by atoms with E-state index >= 15 is 0 Å². The molecule has 160 valence electrons. The number of rotatable bonds is 9. The van der Waals surface area contributed by atoms with Gasteiger partial charge in [0, 0.05) is 39.1 Å². The minimum Gasteiger partial charge on any atom is -0.355 e. The van der Waals surface area contributed by atoms with Crippen LogP contribution in [0, 0.1) is 5.41 Å². The van der Waals surface area contributed by atoms with Gasteiger partial charge in [0.15, 0.2) is 0 Å². The third kappa shape index (κ3) is 6.42. The van der Waals surface area contributed by atoms with Gasteiger partial charge >= 0.3 is 0 Å². The normalized spacial score (nSPS) is 26.9. The van der Waals surface area contributed by atoms with Crippen molar-refractivity contribution in [3.05, 3.63) is 0 Å². The Labute approximate surface area is 170 Å². The lowest BCUT2D eigenvalue weighted by Gasteiger charge is -2.29. The van der Waals surface area contributed by atoms with E-state index in [4.69, 9.17) is 0 Å². The van der Waals surface area contributed by atoms with Crippen molar-refractivity contribution >= 4 is 11.8 Å². The summed E-state index contributed by atoms with van der Waals surface area (Å²) in [5.41, 5.74) is -0.586. The molecule has 0 saturated carbocycles. The van der Waals surface area contributed by atoms with E-state index in [0.29, 0.717) is 19.6 Å². The van der Waals surface area contributed by atoms with E-state index in [1.807, 2.05) is 0 Å². The average Bonchev–Trinajstić information content (AvgIpc) is 3.19. The number of nitrogens with zero attached hydrogens (tertiary/aromatic N) is 2. The Morgan fingerprint density at radius 3 is 1.93 bits per heavy atom. The summed E-state index contributed by atoms with van der Waals surface area (Å²) in [6.45, 7) is 9.16. The number of piperidine rings is 2. The number of hydrogen-bond acceptors (Lipinski definition) is 5. The first-order valence-electron chi connectivity index (χ1n) is 11.4. The maximum atomic E-state index is 12.9. The average molecular weight is 394 g/mol. The zero-order chi connectivity index (χ0) is 19.7. The lowest BCUT2D eigenvalue weighted by atomic mass is 9.82. The van der Waals surface area contributed by atoms with E-state index in [-0.39, 0.29) is 18.2 Å². The Hall–Kier alpha value is -1.18. The van der Waals surface area contributed by atoms with E-state index in [1.54, 1.807) is 0 Å². The first-order valence-corrected chi connectivity index (χ1v) is 11.4. The van der Waals surface area contributed by atoms with Gasteiger partial charge in [-0.15, -0.1) is 0 Å². The molecule has 7 heteroatoms. The zero-order valence-electron chi connectivity index (χ0n) is 17.4. The molecule has 0 aromatic heterocycles. The molecule has 0 aromatic rings. The highest BCUT2D eigenvalue weighted by molar-refractivity contribution is 5.89. The van der Waals surface area contributed by atoms with Crippen LogP contribution in [0.1, 0.15) is 51.4 Å². The van der Waals surface area contributed by atoms with Gasteiger partial charge in [0.25, 0.3) is 0 Å². The van der Waals surface area contributed by atoms with Gasteiger partial charge in [0.1, 0.15) is 0 Å². The van der Waals surface area contributed by atoms with Crippen LogP contribution in [-0.4, -0.2) is 87.1 Å². The Balaban J connectivity index is 1.39. The van der Waals surface area contributed by atoms with Gasteiger partial charge in [-0.1, -0.05) is 12.8 Å². The summed E-state index contributed by atoms with van der Waals surface area (Å²) >= 11 is 0. The second-order valence-corrected chi connectivity index (χ2v) is 8.79. The van der Waals surface area contributed by atoms with Crippen LogP contribution in [0.5, 0.6) is 0 Å². The number of likely N-dealkylation sites (tertiary alicyclic amines) is 2. The smallest absolute Gasteiger partial charge is 0.228 e. The summed E-state index contributed by atoms with van der Waals surface area (Å²) in [4.78, 5) is 30.3. The minimum absolute atomic E-state index is 0.00638. The molecule has 3 rings (SSSR count). The van der Waals surface area contributed by atoms with Crippen LogP contribution in [-0.2, 0) is 9.59 Å². The molecule has 7 nitrogen and oxygen atoms in total. The molecule has 0 radical (unpaired) electrons. The fraction of sp³-hybridized carbons (Fsp3) is 0.905. The van der Waals surface area contributed by atoms with Crippen LogP contribution in [0.4, 0.5) is 0 Å². The van der Waals surface area contributed by atoms with Crippen molar-refractivity contribution in [2.24, 2.45) is 5.41 Å². The number of carbonyl (C=O) groups excluding carboxylic acids is 2. The van der Waals surface area contributed by atoms with E-state index in [0.717, 1.165) is 52.2 Å². The van der Waals surface area contributed by atoms with Gasteiger partial charge in [-0.05, 0) is 64.8 Å². The second-order valence-electron chi connectivity index (χ2n) is 8.79. The summed E-state index contributed by atoms with van der Waals surface area (Å²) in [6.07, 6.45) is 8.73. The van der Waals surface area contributed by atoms with Gasteiger partial charge in [-0.3, -0.25) is 9.59 Å². The molecule has 3 aliphatic heterocycles. The molecule has 3 N–H and O–H groups in total. The highest BCUT2D eigenvalue weighted by atomic mass is 16.2. The molecule has 3 saturated heterocycles. The lowest BCUT2D eigenvalue weighted by Crippen LogP contribution is -2.48. The lowest BCUT2D eigenvalue weighted by molar-refractivity contribution is -0.135. The minimum atomic E-state index is -0.586. The topological polar surface area (TPSA) is 76.7 Å². The Bertz CT molecular complexity index is 495. The van der Waals surface area contributed by atoms with Crippen LogP contribution >= 0.6 is 0 Å². The van der Waals surface area contributed by atoms with E-state index < -0.39 is 5.41 Å². The zero-order valence-corrected chi connectivity index (χ0v) is 17.4. The number of amides is 2. The van der Waals surface area contributed by atoms with Crippen LogP contribution in [0.15, 0.2) is 0 Å². The highest BCUT2D eigenvalue weighted by Crippen LogP contribution is 2.30. The molecule has 28 heavy (non-hydrogen) atoms. The fourth-order valence-corrected chi connectivity index (χ4v) is 4.77. The van der Waals surface area contributed by atoms with Crippen LogP contribution in [0.3, 0.4) is 0 Å². The van der Waals surface area contributed by atoms with Gasteiger partial charge in [-0.2, -0.15) is 0 Å². The summed E-state index contributed by atoms with van der Waals surface area (Å²) in [7, 11) is 0. The van der Waals surface area contributed by atoms with Crippen molar-refractivity contribution in [3.8, 4) is 0 Å². The number of nitrogens with one attached hydrogen (secondary N) is 3. The third-order valence-corrected chi connectivity index (χ3v) is 6.59. The van der Waals surface area contributed by atoms with E-state index in [2.05, 4.69) is 25.8 Å². The quantitative estimate of drug-likeness (QED) is 0.534. The molecule has 0 aliphatic carbocycles. The Kier molecular flexibility index (Phi) is 8.55. The predicted octanol–water partition coefficient (Wildman–Crippen LogP) is 0.560. The van der Waals surface area contributed by atoms with Gasteiger partial charge in [0.2, 0.25) is 11.8 Å². The molecule has 0 bridgehead atoms. The van der Waals surface area contributed by atoms with Crippen molar-refractivity contribution in [3.63, 3.8) is 0 Å². The maximum absolute atomic E-state index is 12.9. The van der Waals surface area contributed by atoms with Crippen molar-refractivity contribution in [1.82, 2.24) is 25.8 Å². The monoisotopic (exact) mass is 393 g/mol. The number of hydrogen-bond donors (Lipinski definition) is 3. The molecule has 2 amide bonds. The molecular weight excluding hydrogens is 354 g/mol. The van der Waals surface area contributed by atoms with Crippen LogP contribution < -0.4 is 16.0 Å². The largest absolute Gasteiger partial charge is 0.355 e. The first kappa shape index (κ1) is 21.5. The van der Waals surface area contributed by atoms with Gasteiger partial charge < -0.3 is 25.8 Å². The molecule has 3 fully saturated rings. The van der Waals surface area contributed by atoms with Crippen molar-refractivity contribution in [2.45, 2.75) is 51.4 Å². The summed E-state index contributed by atoms with van der Waals surface area (Å²) in [5, 5.41) is 9.45. The van der Waals surface area contributed by atoms with E-state index in [9.17, 15) is 9.59 Å². The molecule has 1 unspecified atom stereocenters. The molecule has 3 heterocycles.